The minimum atomic E-state index is -0.0780. The summed E-state index contributed by atoms with van der Waals surface area (Å²) >= 11 is 0. The minimum Gasteiger partial charge on any atom is -0.350 e. The van der Waals surface area contributed by atoms with Gasteiger partial charge in [-0.1, -0.05) is 18.2 Å². The number of hydrogen-bond donors (Lipinski definition) is 2. The van der Waals surface area contributed by atoms with Crippen molar-refractivity contribution in [2.24, 2.45) is 0 Å². The molecule has 1 atom stereocenters. The molecule has 0 aliphatic rings. The van der Waals surface area contributed by atoms with Crippen molar-refractivity contribution < 1.29 is 4.79 Å². The number of benzene rings is 1. The zero-order chi connectivity index (χ0) is 13.8. The molecular formula is C15H19N3O. The monoisotopic (exact) mass is 257 g/mol. The number of aromatic nitrogens is 1. The summed E-state index contributed by atoms with van der Waals surface area (Å²) in [5.41, 5.74) is 2.30. The highest BCUT2D eigenvalue weighted by molar-refractivity contribution is 6.05. The molecule has 4 heteroatoms. The molecular weight excluding hydrogens is 238 g/mol. The van der Waals surface area contributed by atoms with Crippen LogP contribution in [0.1, 0.15) is 23.0 Å². The van der Waals surface area contributed by atoms with Crippen molar-refractivity contribution in [3.05, 3.63) is 41.6 Å². The van der Waals surface area contributed by atoms with Crippen molar-refractivity contribution >= 4 is 16.8 Å². The predicted octanol–water partition coefficient (Wildman–Crippen LogP) is 1.88. The van der Waals surface area contributed by atoms with Gasteiger partial charge < -0.3 is 10.6 Å². The Bertz CT molecular complexity index is 595. The van der Waals surface area contributed by atoms with Gasteiger partial charge in [0.15, 0.2) is 0 Å². The average molecular weight is 257 g/mol. The van der Waals surface area contributed by atoms with E-state index in [0.29, 0.717) is 12.1 Å². The largest absolute Gasteiger partial charge is 0.350 e. The first-order valence-corrected chi connectivity index (χ1v) is 6.43. The van der Waals surface area contributed by atoms with Crippen LogP contribution in [0.25, 0.3) is 10.9 Å². The molecule has 19 heavy (non-hydrogen) atoms. The molecule has 0 saturated carbocycles. The number of para-hydroxylation sites is 1. The standard InChI is InChI=1S/C15H19N3O/c1-10-7-8-12-5-4-6-13(14(12)18-10)15(19)17-9-11(2)16-3/h4-8,11,16H,9H2,1-3H3,(H,17,19). The highest BCUT2D eigenvalue weighted by Gasteiger charge is 2.11. The summed E-state index contributed by atoms with van der Waals surface area (Å²) in [5.74, 6) is -0.0780. The molecule has 1 unspecified atom stereocenters. The molecule has 100 valence electrons. The van der Waals surface area contributed by atoms with Crippen molar-refractivity contribution in [1.29, 1.82) is 0 Å². The van der Waals surface area contributed by atoms with E-state index in [1.54, 1.807) is 0 Å². The van der Waals surface area contributed by atoms with E-state index in [9.17, 15) is 4.79 Å². The number of hydrogen-bond acceptors (Lipinski definition) is 3. The predicted molar refractivity (Wildman–Crippen MR) is 77.3 cm³/mol. The first-order valence-electron chi connectivity index (χ1n) is 6.43. The van der Waals surface area contributed by atoms with Crippen molar-refractivity contribution in [1.82, 2.24) is 15.6 Å². The van der Waals surface area contributed by atoms with Crippen molar-refractivity contribution in [2.45, 2.75) is 19.9 Å². The fourth-order valence-corrected chi connectivity index (χ4v) is 1.87. The van der Waals surface area contributed by atoms with Gasteiger partial charge in [-0.25, -0.2) is 0 Å². The topological polar surface area (TPSA) is 54.0 Å². The van der Waals surface area contributed by atoms with Gasteiger partial charge in [0.1, 0.15) is 0 Å². The average Bonchev–Trinajstić information content (AvgIpc) is 2.43. The van der Waals surface area contributed by atoms with Crippen LogP contribution in [0.5, 0.6) is 0 Å². The third-order valence-corrected chi connectivity index (χ3v) is 3.17. The van der Waals surface area contributed by atoms with Crippen LogP contribution < -0.4 is 10.6 Å². The lowest BCUT2D eigenvalue weighted by atomic mass is 10.1. The lowest BCUT2D eigenvalue weighted by Crippen LogP contribution is -2.37. The van der Waals surface area contributed by atoms with Crippen LogP contribution >= 0.6 is 0 Å². The molecule has 2 N–H and O–H groups in total. The highest BCUT2D eigenvalue weighted by Crippen LogP contribution is 2.17. The summed E-state index contributed by atoms with van der Waals surface area (Å²) in [6.07, 6.45) is 0. The van der Waals surface area contributed by atoms with Gasteiger partial charge in [0, 0.05) is 23.7 Å². The van der Waals surface area contributed by atoms with Gasteiger partial charge in [0.05, 0.1) is 11.1 Å². The normalized spacial score (nSPS) is 12.4. The summed E-state index contributed by atoms with van der Waals surface area (Å²) in [5, 5.41) is 6.99. The number of carbonyl (C=O) groups is 1. The first kappa shape index (κ1) is 13.5. The number of fused-ring (bicyclic) bond motifs is 1. The Morgan fingerprint density at radius 3 is 2.84 bits per heavy atom. The van der Waals surface area contributed by atoms with Crippen LogP contribution in [0.2, 0.25) is 0 Å². The lowest BCUT2D eigenvalue weighted by molar-refractivity contribution is 0.0952. The molecule has 4 nitrogen and oxygen atoms in total. The maximum absolute atomic E-state index is 12.2. The third-order valence-electron chi connectivity index (χ3n) is 3.17. The van der Waals surface area contributed by atoms with Gasteiger partial charge in [-0.3, -0.25) is 9.78 Å². The van der Waals surface area contributed by atoms with E-state index < -0.39 is 0 Å². The summed E-state index contributed by atoms with van der Waals surface area (Å²) in [6, 6.07) is 9.85. The van der Waals surface area contributed by atoms with Crippen LogP contribution in [0.15, 0.2) is 30.3 Å². The number of carbonyl (C=O) groups excluding carboxylic acids is 1. The summed E-state index contributed by atoms with van der Waals surface area (Å²) in [4.78, 5) is 16.7. The molecule has 2 aromatic rings. The van der Waals surface area contributed by atoms with E-state index in [4.69, 9.17) is 0 Å². The maximum Gasteiger partial charge on any atom is 0.253 e. The Hall–Kier alpha value is -1.94. The van der Waals surface area contributed by atoms with Crippen LogP contribution in [0.4, 0.5) is 0 Å². The van der Waals surface area contributed by atoms with Crippen LogP contribution in [-0.2, 0) is 0 Å². The maximum atomic E-state index is 12.2. The number of amides is 1. The molecule has 0 radical (unpaired) electrons. The van der Waals surface area contributed by atoms with Gasteiger partial charge in [-0.05, 0) is 33.0 Å². The second kappa shape index (κ2) is 5.80. The molecule has 0 spiro atoms. The number of nitrogens with zero attached hydrogens (tertiary/aromatic N) is 1. The fraction of sp³-hybridized carbons (Fsp3) is 0.333. The van der Waals surface area contributed by atoms with E-state index in [2.05, 4.69) is 15.6 Å². The van der Waals surface area contributed by atoms with Gasteiger partial charge in [0.2, 0.25) is 0 Å². The molecule has 1 heterocycles. The quantitative estimate of drug-likeness (QED) is 0.879. The molecule has 1 aromatic heterocycles. The van der Waals surface area contributed by atoms with E-state index in [0.717, 1.165) is 16.6 Å². The Morgan fingerprint density at radius 1 is 1.32 bits per heavy atom. The second-order valence-corrected chi connectivity index (χ2v) is 4.73. The van der Waals surface area contributed by atoms with E-state index in [1.807, 2.05) is 51.2 Å². The van der Waals surface area contributed by atoms with Gasteiger partial charge in [-0.2, -0.15) is 0 Å². The molecule has 0 bridgehead atoms. The minimum absolute atomic E-state index is 0.0780. The van der Waals surface area contributed by atoms with Crippen molar-refractivity contribution in [3.8, 4) is 0 Å². The number of pyridine rings is 1. The lowest BCUT2D eigenvalue weighted by Gasteiger charge is -2.12. The Balaban J connectivity index is 2.29. The van der Waals surface area contributed by atoms with Crippen LogP contribution in [-0.4, -0.2) is 30.5 Å². The fourth-order valence-electron chi connectivity index (χ4n) is 1.87. The number of nitrogens with one attached hydrogen (secondary N) is 2. The number of rotatable bonds is 4. The first-order chi connectivity index (χ1) is 9.11. The Morgan fingerprint density at radius 2 is 2.11 bits per heavy atom. The van der Waals surface area contributed by atoms with Crippen molar-refractivity contribution in [3.63, 3.8) is 0 Å². The smallest absolute Gasteiger partial charge is 0.253 e. The van der Waals surface area contributed by atoms with E-state index >= 15 is 0 Å². The zero-order valence-electron chi connectivity index (χ0n) is 11.5. The molecule has 0 aliphatic heterocycles. The number of likely N-dealkylation sites (N-methyl/N-ethyl adjacent to an activating group) is 1. The van der Waals surface area contributed by atoms with Gasteiger partial charge >= 0.3 is 0 Å². The van der Waals surface area contributed by atoms with Gasteiger partial charge in [-0.15, -0.1) is 0 Å². The van der Waals surface area contributed by atoms with E-state index in [-0.39, 0.29) is 11.9 Å². The van der Waals surface area contributed by atoms with Gasteiger partial charge in [0.25, 0.3) is 5.91 Å². The molecule has 1 aromatic carbocycles. The SMILES string of the molecule is CNC(C)CNC(=O)c1cccc2ccc(C)nc12. The van der Waals surface area contributed by atoms with Crippen LogP contribution in [0, 0.1) is 6.92 Å². The molecule has 2 rings (SSSR count). The molecule has 0 aliphatic carbocycles. The number of aryl methyl sites for hydroxylation is 1. The third kappa shape index (κ3) is 3.09. The van der Waals surface area contributed by atoms with Crippen LogP contribution in [0.3, 0.4) is 0 Å². The Labute approximate surface area is 113 Å². The zero-order valence-corrected chi connectivity index (χ0v) is 11.5. The second-order valence-electron chi connectivity index (χ2n) is 4.73. The summed E-state index contributed by atoms with van der Waals surface area (Å²) < 4.78 is 0. The molecule has 0 fully saturated rings. The summed E-state index contributed by atoms with van der Waals surface area (Å²) in [7, 11) is 1.87. The Kier molecular flexibility index (Phi) is 4.12. The van der Waals surface area contributed by atoms with E-state index in [1.165, 1.54) is 0 Å². The summed E-state index contributed by atoms with van der Waals surface area (Å²) in [6.45, 7) is 4.54. The molecule has 0 saturated heterocycles. The van der Waals surface area contributed by atoms with Crippen molar-refractivity contribution in [2.75, 3.05) is 13.6 Å². The highest BCUT2D eigenvalue weighted by atomic mass is 16.1. The molecule has 1 amide bonds.